The van der Waals surface area contributed by atoms with Gasteiger partial charge in [0.1, 0.15) is 24.0 Å². The van der Waals surface area contributed by atoms with Gasteiger partial charge in [-0.1, -0.05) is 26.0 Å². The van der Waals surface area contributed by atoms with Crippen molar-refractivity contribution >= 4 is 0 Å². The number of hydrogen-bond donors (Lipinski definition) is 0. The molecule has 0 aliphatic carbocycles. The maximum Gasteiger partial charge on any atom is 0.132 e. The monoisotopic (exact) mass is 373 g/mol. The van der Waals surface area contributed by atoms with Gasteiger partial charge in [0.25, 0.3) is 0 Å². The lowest BCUT2D eigenvalue weighted by atomic mass is 9.89. The molecule has 1 heterocycles. The molecule has 2 aromatic carbocycles. The summed E-state index contributed by atoms with van der Waals surface area (Å²) in [4.78, 5) is 2.52. The van der Waals surface area contributed by atoms with Gasteiger partial charge in [-0.15, -0.1) is 0 Å². The van der Waals surface area contributed by atoms with Crippen molar-refractivity contribution in [1.82, 2.24) is 4.90 Å². The lowest BCUT2D eigenvalue weighted by molar-refractivity contribution is 0.263. The van der Waals surface area contributed by atoms with Crippen molar-refractivity contribution in [3.05, 3.63) is 65.2 Å². The number of ether oxygens (including phenoxy) is 1. The van der Waals surface area contributed by atoms with Gasteiger partial charge in [0, 0.05) is 18.2 Å². The molecule has 0 amide bonds. The third-order valence-electron chi connectivity index (χ3n) is 5.52. The fourth-order valence-corrected chi connectivity index (χ4v) is 3.80. The van der Waals surface area contributed by atoms with Crippen molar-refractivity contribution in [2.24, 2.45) is 11.8 Å². The summed E-state index contributed by atoms with van der Waals surface area (Å²) < 4.78 is 32.5. The summed E-state index contributed by atoms with van der Waals surface area (Å²) in [6.07, 6.45) is 3.83. The summed E-state index contributed by atoms with van der Waals surface area (Å²) in [5.41, 5.74) is 1.56. The molecule has 0 radical (unpaired) electrons. The quantitative estimate of drug-likeness (QED) is 0.634. The smallest absolute Gasteiger partial charge is 0.132 e. The van der Waals surface area contributed by atoms with Crippen LogP contribution in [0, 0.1) is 23.5 Å². The van der Waals surface area contributed by atoms with Crippen LogP contribution in [0.3, 0.4) is 0 Å². The molecule has 1 saturated heterocycles. The van der Waals surface area contributed by atoms with Crippen molar-refractivity contribution in [1.29, 1.82) is 0 Å². The third kappa shape index (κ3) is 5.77. The van der Waals surface area contributed by atoms with E-state index in [1.807, 2.05) is 18.2 Å². The number of nitrogens with zero attached hydrogens (tertiary/aromatic N) is 1. The molecule has 0 bridgehead atoms. The molecule has 2 nitrogen and oxygen atoms in total. The first-order chi connectivity index (χ1) is 13.0. The van der Waals surface area contributed by atoms with Gasteiger partial charge in [-0.05, 0) is 74.0 Å². The van der Waals surface area contributed by atoms with Gasteiger partial charge in [-0.3, -0.25) is 4.90 Å². The minimum atomic E-state index is -0.574. The number of halogens is 2. The van der Waals surface area contributed by atoms with Crippen LogP contribution in [0.15, 0.2) is 42.5 Å². The van der Waals surface area contributed by atoms with Crippen molar-refractivity contribution in [2.45, 2.75) is 46.3 Å². The maximum absolute atomic E-state index is 13.7. The molecular formula is C23H29F2NO. The highest BCUT2D eigenvalue weighted by Gasteiger charge is 2.19. The Labute approximate surface area is 161 Å². The first-order valence-corrected chi connectivity index (χ1v) is 9.89. The van der Waals surface area contributed by atoms with Gasteiger partial charge in [0.15, 0.2) is 0 Å². The van der Waals surface area contributed by atoms with E-state index < -0.39 is 11.6 Å². The second kappa shape index (κ2) is 9.32. The summed E-state index contributed by atoms with van der Waals surface area (Å²) >= 11 is 0. The van der Waals surface area contributed by atoms with Gasteiger partial charge in [-0.25, -0.2) is 8.78 Å². The summed E-state index contributed by atoms with van der Waals surface area (Å²) in [5.74, 6) is 1.15. The lowest BCUT2D eigenvalue weighted by Gasteiger charge is -2.21. The molecule has 0 spiro atoms. The SMILES string of the molecule is CC(C)C1CCCN(Cc2cccc(OCc3ccc(F)cc3F)c2)CC1. The van der Waals surface area contributed by atoms with Crippen molar-refractivity contribution in [2.75, 3.05) is 13.1 Å². The highest BCUT2D eigenvalue weighted by Crippen LogP contribution is 2.26. The molecule has 2 aromatic rings. The minimum Gasteiger partial charge on any atom is -0.489 e. The number of likely N-dealkylation sites (tertiary alicyclic amines) is 1. The van der Waals surface area contributed by atoms with Gasteiger partial charge < -0.3 is 4.74 Å². The van der Waals surface area contributed by atoms with Crippen LogP contribution in [0.25, 0.3) is 0 Å². The Morgan fingerprint density at radius 2 is 1.93 bits per heavy atom. The first kappa shape index (κ1) is 19.8. The molecule has 27 heavy (non-hydrogen) atoms. The first-order valence-electron chi connectivity index (χ1n) is 9.89. The van der Waals surface area contributed by atoms with Crippen molar-refractivity contribution in [3.8, 4) is 5.75 Å². The summed E-state index contributed by atoms with van der Waals surface area (Å²) in [6.45, 7) is 7.92. The van der Waals surface area contributed by atoms with E-state index in [1.165, 1.54) is 37.0 Å². The Bertz CT molecular complexity index is 747. The number of rotatable bonds is 6. The average molecular weight is 373 g/mol. The Morgan fingerprint density at radius 1 is 1.07 bits per heavy atom. The second-order valence-electron chi connectivity index (χ2n) is 7.88. The zero-order chi connectivity index (χ0) is 19.2. The van der Waals surface area contributed by atoms with E-state index in [0.717, 1.165) is 37.5 Å². The van der Waals surface area contributed by atoms with Crippen LogP contribution >= 0.6 is 0 Å². The van der Waals surface area contributed by atoms with Crippen LogP contribution in [0.4, 0.5) is 8.78 Å². The van der Waals surface area contributed by atoms with Crippen LogP contribution in [0.2, 0.25) is 0 Å². The van der Waals surface area contributed by atoms with E-state index in [0.29, 0.717) is 11.3 Å². The molecule has 0 aromatic heterocycles. The standard InChI is InChI=1S/C23H29F2NO/c1-17(2)19-6-4-11-26(12-10-19)15-18-5-3-7-22(13-18)27-16-20-8-9-21(24)14-23(20)25/h3,5,7-9,13-14,17,19H,4,6,10-12,15-16H2,1-2H3. The van der Waals surface area contributed by atoms with Gasteiger partial charge in [0.05, 0.1) is 0 Å². The number of benzene rings is 2. The summed E-state index contributed by atoms with van der Waals surface area (Å²) in [7, 11) is 0. The van der Waals surface area contributed by atoms with E-state index in [9.17, 15) is 8.78 Å². The predicted molar refractivity (Wildman–Crippen MR) is 105 cm³/mol. The van der Waals surface area contributed by atoms with E-state index in [2.05, 4.69) is 24.8 Å². The van der Waals surface area contributed by atoms with Crippen LogP contribution < -0.4 is 4.74 Å². The zero-order valence-corrected chi connectivity index (χ0v) is 16.3. The van der Waals surface area contributed by atoms with E-state index in [4.69, 9.17) is 4.74 Å². The highest BCUT2D eigenvalue weighted by molar-refractivity contribution is 5.29. The van der Waals surface area contributed by atoms with Crippen molar-refractivity contribution < 1.29 is 13.5 Å². The third-order valence-corrected chi connectivity index (χ3v) is 5.52. The molecule has 1 aliphatic heterocycles. The van der Waals surface area contributed by atoms with Gasteiger partial charge in [-0.2, -0.15) is 0 Å². The van der Waals surface area contributed by atoms with E-state index >= 15 is 0 Å². The molecule has 0 N–H and O–H groups in total. The number of hydrogen-bond acceptors (Lipinski definition) is 2. The molecular weight excluding hydrogens is 344 g/mol. The second-order valence-corrected chi connectivity index (χ2v) is 7.88. The average Bonchev–Trinajstić information content (AvgIpc) is 2.87. The largest absolute Gasteiger partial charge is 0.489 e. The van der Waals surface area contributed by atoms with Crippen LogP contribution in [-0.2, 0) is 13.2 Å². The molecule has 3 rings (SSSR count). The summed E-state index contributed by atoms with van der Waals surface area (Å²) in [6, 6.07) is 11.5. The lowest BCUT2D eigenvalue weighted by Crippen LogP contribution is -2.24. The van der Waals surface area contributed by atoms with Crippen LogP contribution in [0.5, 0.6) is 5.75 Å². The predicted octanol–water partition coefficient (Wildman–Crippen LogP) is 5.80. The Morgan fingerprint density at radius 3 is 2.70 bits per heavy atom. The van der Waals surface area contributed by atoms with E-state index in [-0.39, 0.29) is 6.61 Å². The van der Waals surface area contributed by atoms with Gasteiger partial charge in [0.2, 0.25) is 0 Å². The van der Waals surface area contributed by atoms with Crippen LogP contribution in [0.1, 0.15) is 44.2 Å². The maximum atomic E-state index is 13.7. The molecule has 4 heteroatoms. The Balaban J connectivity index is 1.57. The molecule has 0 saturated carbocycles. The Hall–Kier alpha value is -1.94. The van der Waals surface area contributed by atoms with E-state index in [1.54, 1.807) is 0 Å². The molecule has 1 fully saturated rings. The highest BCUT2D eigenvalue weighted by atomic mass is 19.1. The van der Waals surface area contributed by atoms with Gasteiger partial charge >= 0.3 is 0 Å². The topological polar surface area (TPSA) is 12.5 Å². The molecule has 146 valence electrons. The Kier molecular flexibility index (Phi) is 6.84. The molecule has 1 atom stereocenters. The molecule has 1 aliphatic rings. The summed E-state index contributed by atoms with van der Waals surface area (Å²) in [5, 5.41) is 0. The normalized spacial score (nSPS) is 18.5. The van der Waals surface area contributed by atoms with Crippen LogP contribution in [-0.4, -0.2) is 18.0 Å². The fraction of sp³-hybridized carbons (Fsp3) is 0.478. The zero-order valence-electron chi connectivity index (χ0n) is 16.3. The fourth-order valence-electron chi connectivity index (χ4n) is 3.80. The molecule has 1 unspecified atom stereocenters. The van der Waals surface area contributed by atoms with Crippen molar-refractivity contribution in [3.63, 3.8) is 0 Å². The minimum absolute atomic E-state index is 0.0926.